The van der Waals surface area contributed by atoms with Crippen molar-refractivity contribution in [1.82, 2.24) is 4.72 Å². The van der Waals surface area contributed by atoms with Crippen LogP contribution in [0.25, 0.3) is 0 Å². The van der Waals surface area contributed by atoms with Gasteiger partial charge >= 0.3 is 0 Å². The molecule has 0 atom stereocenters. The van der Waals surface area contributed by atoms with E-state index in [1.165, 1.54) is 0 Å². The molecule has 0 aliphatic heterocycles. The summed E-state index contributed by atoms with van der Waals surface area (Å²) >= 11 is 6.14. The molecule has 0 heterocycles. The molecule has 0 radical (unpaired) electrons. The molecule has 1 saturated carbocycles. The molecule has 140 valence electrons. The third kappa shape index (κ3) is 4.65. The smallest absolute Gasteiger partial charge is 0.216 e. The van der Waals surface area contributed by atoms with Crippen molar-refractivity contribution < 1.29 is 8.42 Å². The molecule has 0 saturated heterocycles. The zero-order valence-electron chi connectivity index (χ0n) is 14.7. The average Bonchev–Trinajstić information content (AvgIpc) is 2.63. The quantitative estimate of drug-likeness (QED) is 0.788. The molecule has 0 amide bonds. The molecular formula is C20H25ClN2O2S. The van der Waals surface area contributed by atoms with Gasteiger partial charge in [-0.1, -0.05) is 54.1 Å². The zero-order chi connectivity index (χ0) is 18.6. The third-order valence-corrected chi connectivity index (χ3v) is 6.96. The molecule has 0 spiro atoms. The van der Waals surface area contributed by atoms with Crippen molar-refractivity contribution in [1.29, 1.82) is 0 Å². The summed E-state index contributed by atoms with van der Waals surface area (Å²) in [6.45, 7) is 0.539. The monoisotopic (exact) mass is 392 g/mol. The molecule has 26 heavy (non-hydrogen) atoms. The molecule has 3 N–H and O–H groups in total. The molecular weight excluding hydrogens is 368 g/mol. The van der Waals surface area contributed by atoms with Gasteiger partial charge in [0.2, 0.25) is 10.0 Å². The van der Waals surface area contributed by atoms with Crippen LogP contribution in [0, 0.1) is 0 Å². The fourth-order valence-corrected chi connectivity index (χ4v) is 5.45. The van der Waals surface area contributed by atoms with Crippen LogP contribution < -0.4 is 10.5 Å². The summed E-state index contributed by atoms with van der Waals surface area (Å²) in [5.74, 6) is 0.0145. The van der Waals surface area contributed by atoms with Crippen LogP contribution in [0.3, 0.4) is 0 Å². The Balaban J connectivity index is 1.64. The van der Waals surface area contributed by atoms with E-state index in [-0.39, 0.29) is 17.2 Å². The number of rotatable bonds is 6. The molecule has 4 nitrogen and oxygen atoms in total. The van der Waals surface area contributed by atoms with Gasteiger partial charge in [0.15, 0.2) is 0 Å². The van der Waals surface area contributed by atoms with Crippen LogP contribution in [0.5, 0.6) is 0 Å². The van der Waals surface area contributed by atoms with Crippen LogP contribution in [0.1, 0.15) is 36.8 Å². The Morgan fingerprint density at radius 3 is 2.38 bits per heavy atom. The second kappa shape index (κ2) is 8.09. The highest BCUT2D eigenvalue weighted by Crippen LogP contribution is 2.39. The Labute approximate surface area is 160 Å². The Bertz CT molecular complexity index is 832. The predicted molar refractivity (Wildman–Crippen MR) is 107 cm³/mol. The number of nitrogens with one attached hydrogen (secondary N) is 1. The highest BCUT2D eigenvalue weighted by molar-refractivity contribution is 7.88. The van der Waals surface area contributed by atoms with Crippen LogP contribution >= 0.6 is 11.6 Å². The van der Waals surface area contributed by atoms with Crippen LogP contribution in [-0.2, 0) is 21.2 Å². The number of hydrogen-bond donors (Lipinski definition) is 2. The molecule has 3 rings (SSSR count). The number of halogens is 1. The minimum atomic E-state index is -3.35. The Kier molecular flexibility index (Phi) is 6.03. The molecule has 0 unspecified atom stereocenters. The van der Waals surface area contributed by atoms with Gasteiger partial charge in [-0.05, 0) is 48.9 Å². The third-order valence-electron chi connectivity index (χ3n) is 5.32. The summed E-state index contributed by atoms with van der Waals surface area (Å²) in [5.41, 5.74) is 7.94. The lowest BCUT2D eigenvalue weighted by Crippen LogP contribution is -2.45. The van der Waals surface area contributed by atoms with E-state index in [1.807, 2.05) is 48.5 Å². The van der Waals surface area contributed by atoms with Gasteiger partial charge in [-0.15, -0.1) is 0 Å². The summed E-state index contributed by atoms with van der Waals surface area (Å²) in [6, 6.07) is 17.1. The molecule has 1 fully saturated rings. The fraction of sp³-hybridized carbons (Fsp3) is 0.400. The zero-order valence-corrected chi connectivity index (χ0v) is 16.3. The second-order valence-electron chi connectivity index (χ2n) is 7.13. The van der Waals surface area contributed by atoms with Crippen LogP contribution in [0.2, 0.25) is 5.02 Å². The minimum Gasteiger partial charge on any atom is -0.330 e. The Morgan fingerprint density at radius 2 is 1.77 bits per heavy atom. The number of nitrogens with two attached hydrogens (primary N) is 1. The van der Waals surface area contributed by atoms with Gasteiger partial charge in [0.25, 0.3) is 0 Å². The van der Waals surface area contributed by atoms with Crippen molar-refractivity contribution in [2.45, 2.75) is 42.9 Å². The van der Waals surface area contributed by atoms with Crippen molar-refractivity contribution in [2.24, 2.45) is 5.73 Å². The SMILES string of the molecule is NCC1(c2cccc(Cl)c2)CCC(NS(=O)(=O)Cc2ccccc2)CC1. The first kappa shape index (κ1) is 19.4. The van der Waals surface area contributed by atoms with E-state index in [2.05, 4.69) is 10.8 Å². The first-order valence-electron chi connectivity index (χ1n) is 8.92. The maximum atomic E-state index is 12.5. The van der Waals surface area contributed by atoms with Crippen LogP contribution in [-0.4, -0.2) is 21.0 Å². The maximum absolute atomic E-state index is 12.5. The minimum absolute atomic E-state index is 0.0145. The number of sulfonamides is 1. The van der Waals surface area contributed by atoms with Gasteiger partial charge in [-0.3, -0.25) is 0 Å². The standard InChI is InChI=1S/C20H25ClN2O2S/c21-18-8-4-7-17(13-18)20(15-22)11-9-19(10-12-20)23-26(24,25)14-16-5-2-1-3-6-16/h1-8,13,19,23H,9-12,14-15,22H2. The van der Waals surface area contributed by atoms with Gasteiger partial charge < -0.3 is 5.73 Å². The van der Waals surface area contributed by atoms with Crippen molar-refractivity contribution in [2.75, 3.05) is 6.54 Å². The first-order chi connectivity index (χ1) is 12.4. The number of benzene rings is 2. The lowest BCUT2D eigenvalue weighted by Gasteiger charge is -2.40. The van der Waals surface area contributed by atoms with Crippen molar-refractivity contribution in [3.63, 3.8) is 0 Å². The van der Waals surface area contributed by atoms with Crippen molar-refractivity contribution in [3.8, 4) is 0 Å². The molecule has 0 bridgehead atoms. The Hall–Kier alpha value is -1.40. The van der Waals surface area contributed by atoms with E-state index in [1.54, 1.807) is 0 Å². The van der Waals surface area contributed by atoms with E-state index in [9.17, 15) is 8.42 Å². The predicted octanol–water partition coefficient (Wildman–Crippen LogP) is 3.60. The van der Waals surface area contributed by atoms with E-state index in [4.69, 9.17) is 17.3 Å². The molecule has 2 aromatic carbocycles. The van der Waals surface area contributed by atoms with E-state index >= 15 is 0 Å². The summed E-state index contributed by atoms with van der Waals surface area (Å²) in [4.78, 5) is 0. The molecule has 0 aromatic heterocycles. The lowest BCUT2D eigenvalue weighted by molar-refractivity contribution is 0.267. The van der Waals surface area contributed by atoms with Gasteiger partial charge in [0.05, 0.1) is 5.75 Å². The van der Waals surface area contributed by atoms with E-state index in [0.29, 0.717) is 11.6 Å². The van der Waals surface area contributed by atoms with Crippen molar-refractivity contribution >= 4 is 21.6 Å². The van der Waals surface area contributed by atoms with Crippen molar-refractivity contribution in [3.05, 3.63) is 70.7 Å². The summed E-state index contributed by atoms with van der Waals surface area (Å²) < 4.78 is 27.8. The van der Waals surface area contributed by atoms with Gasteiger partial charge in [0.1, 0.15) is 0 Å². The first-order valence-corrected chi connectivity index (χ1v) is 11.0. The molecule has 6 heteroatoms. The maximum Gasteiger partial charge on any atom is 0.216 e. The fourth-order valence-electron chi connectivity index (χ4n) is 3.81. The Morgan fingerprint density at radius 1 is 1.08 bits per heavy atom. The van der Waals surface area contributed by atoms with Gasteiger partial charge in [0, 0.05) is 23.0 Å². The normalized spacial score (nSPS) is 23.7. The van der Waals surface area contributed by atoms with Crippen LogP contribution in [0.4, 0.5) is 0 Å². The summed E-state index contributed by atoms with van der Waals surface area (Å²) in [6.07, 6.45) is 3.25. The second-order valence-corrected chi connectivity index (χ2v) is 9.32. The van der Waals surface area contributed by atoms with Gasteiger partial charge in [-0.25, -0.2) is 13.1 Å². The van der Waals surface area contributed by atoms with Crippen LogP contribution in [0.15, 0.2) is 54.6 Å². The van der Waals surface area contributed by atoms with E-state index < -0.39 is 10.0 Å². The largest absolute Gasteiger partial charge is 0.330 e. The average molecular weight is 393 g/mol. The molecule has 1 aliphatic rings. The molecule has 1 aliphatic carbocycles. The van der Waals surface area contributed by atoms with E-state index in [0.717, 1.165) is 36.8 Å². The summed E-state index contributed by atoms with van der Waals surface area (Å²) in [7, 11) is -3.35. The molecule has 2 aromatic rings. The topological polar surface area (TPSA) is 72.2 Å². The summed E-state index contributed by atoms with van der Waals surface area (Å²) in [5, 5.41) is 0.709. The highest BCUT2D eigenvalue weighted by Gasteiger charge is 2.36. The highest BCUT2D eigenvalue weighted by atomic mass is 35.5. The van der Waals surface area contributed by atoms with Gasteiger partial charge in [-0.2, -0.15) is 0 Å². The number of hydrogen-bond acceptors (Lipinski definition) is 3. The lowest BCUT2D eigenvalue weighted by atomic mass is 9.68.